The Balaban J connectivity index is 1.54. The van der Waals surface area contributed by atoms with E-state index in [2.05, 4.69) is 5.32 Å². The first-order valence-corrected chi connectivity index (χ1v) is 8.34. The minimum absolute atomic E-state index is 0.159. The lowest BCUT2D eigenvalue weighted by Gasteiger charge is -2.22. The van der Waals surface area contributed by atoms with Crippen LogP contribution in [-0.2, 0) is 10.3 Å². The molecule has 0 aromatic heterocycles. The minimum atomic E-state index is -1.13. The van der Waals surface area contributed by atoms with Crippen molar-refractivity contribution in [1.82, 2.24) is 10.2 Å². The topological polar surface area (TPSA) is 67.9 Å². The highest BCUT2D eigenvalue weighted by atomic mass is 16.7. The molecule has 1 fully saturated rings. The standard InChI is InChI=1S/C20H18N2O4/c1-20(15-9-10-16-17(12-15)26-13-25-16)18(23)22(19(24)21-20)11-5-8-14-6-3-2-4-7-14/h2-10,12H,11,13H2,1H3,(H,21,24)/b8-5+. The molecule has 0 saturated carbocycles. The zero-order chi connectivity index (χ0) is 18.1. The summed E-state index contributed by atoms with van der Waals surface area (Å²) < 4.78 is 10.7. The van der Waals surface area contributed by atoms with Gasteiger partial charge in [0.1, 0.15) is 5.54 Å². The van der Waals surface area contributed by atoms with E-state index in [1.54, 1.807) is 31.2 Å². The fourth-order valence-corrected chi connectivity index (χ4v) is 3.12. The second-order valence-electron chi connectivity index (χ2n) is 6.35. The summed E-state index contributed by atoms with van der Waals surface area (Å²) >= 11 is 0. The van der Waals surface area contributed by atoms with Crippen molar-refractivity contribution in [2.45, 2.75) is 12.5 Å². The highest BCUT2D eigenvalue weighted by Gasteiger charge is 2.48. The molecule has 6 heteroatoms. The maximum absolute atomic E-state index is 12.9. The third-order valence-corrected chi connectivity index (χ3v) is 4.62. The molecule has 1 N–H and O–H groups in total. The van der Waals surface area contributed by atoms with Gasteiger partial charge in [-0.25, -0.2) is 4.79 Å². The zero-order valence-corrected chi connectivity index (χ0v) is 14.3. The van der Waals surface area contributed by atoms with Crippen LogP contribution < -0.4 is 14.8 Å². The van der Waals surface area contributed by atoms with E-state index in [0.717, 1.165) is 5.56 Å². The van der Waals surface area contributed by atoms with Gasteiger partial charge < -0.3 is 14.8 Å². The van der Waals surface area contributed by atoms with Crippen LogP contribution in [0.25, 0.3) is 6.08 Å². The molecule has 2 aliphatic rings. The summed E-state index contributed by atoms with van der Waals surface area (Å²) in [6.07, 6.45) is 3.69. The van der Waals surface area contributed by atoms with Crippen LogP contribution in [0.15, 0.2) is 54.6 Å². The van der Waals surface area contributed by atoms with E-state index in [-0.39, 0.29) is 19.2 Å². The normalized spacial score (nSPS) is 21.5. The number of hydrogen-bond acceptors (Lipinski definition) is 4. The second kappa shape index (κ2) is 6.22. The summed E-state index contributed by atoms with van der Waals surface area (Å²) in [6, 6.07) is 14.6. The number of fused-ring (bicyclic) bond motifs is 1. The number of hydrogen-bond donors (Lipinski definition) is 1. The number of carbonyl (C=O) groups excluding carboxylic acids is 2. The molecule has 0 spiro atoms. The van der Waals surface area contributed by atoms with E-state index >= 15 is 0 Å². The summed E-state index contributed by atoms with van der Waals surface area (Å²) in [6.45, 7) is 2.07. The Morgan fingerprint density at radius 1 is 1.12 bits per heavy atom. The molecule has 2 aromatic rings. The van der Waals surface area contributed by atoms with Gasteiger partial charge in [0.25, 0.3) is 5.91 Å². The maximum Gasteiger partial charge on any atom is 0.325 e. The number of nitrogens with one attached hydrogen (secondary N) is 1. The molecule has 0 aliphatic carbocycles. The van der Waals surface area contributed by atoms with Gasteiger partial charge in [-0.1, -0.05) is 48.6 Å². The largest absolute Gasteiger partial charge is 0.454 e. The van der Waals surface area contributed by atoms with Crippen molar-refractivity contribution in [3.8, 4) is 11.5 Å². The number of imide groups is 1. The Kier molecular flexibility index (Phi) is 3.88. The van der Waals surface area contributed by atoms with Crippen LogP contribution in [0.2, 0.25) is 0 Å². The molecule has 132 valence electrons. The molecular weight excluding hydrogens is 332 g/mol. The molecule has 1 saturated heterocycles. The van der Waals surface area contributed by atoms with Crippen molar-refractivity contribution in [3.05, 3.63) is 65.7 Å². The fraction of sp³-hybridized carbons (Fsp3) is 0.200. The number of nitrogens with zero attached hydrogens (tertiary/aromatic N) is 1. The Labute approximate surface area is 151 Å². The van der Waals surface area contributed by atoms with Crippen LogP contribution in [0.4, 0.5) is 4.79 Å². The van der Waals surface area contributed by atoms with Crippen LogP contribution in [0, 0.1) is 0 Å². The molecule has 2 aliphatic heterocycles. The van der Waals surface area contributed by atoms with Gasteiger partial charge in [0.05, 0.1) is 0 Å². The van der Waals surface area contributed by atoms with Crippen molar-refractivity contribution >= 4 is 18.0 Å². The highest BCUT2D eigenvalue weighted by Crippen LogP contribution is 2.37. The molecule has 0 radical (unpaired) electrons. The van der Waals surface area contributed by atoms with Crippen molar-refractivity contribution in [3.63, 3.8) is 0 Å². The molecule has 1 atom stereocenters. The van der Waals surface area contributed by atoms with Crippen molar-refractivity contribution < 1.29 is 19.1 Å². The van der Waals surface area contributed by atoms with E-state index in [0.29, 0.717) is 17.1 Å². The van der Waals surface area contributed by atoms with Gasteiger partial charge in [0.15, 0.2) is 11.5 Å². The third-order valence-electron chi connectivity index (χ3n) is 4.62. The van der Waals surface area contributed by atoms with Crippen LogP contribution in [0.3, 0.4) is 0 Å². The molecule has 2 heterocycles. The van der Waals surface area contributed by atoms with Gasteiger partial charge in [-0.05, 0) is 30.2 Å². The summed E-state index contributed by atoms with van der Waals surface area (Å²) in [4.78, 5) is 26.5. The van der Waals surface area contributed by atoms with E-state index < -0.39 is 11.6 Å². The Morgan fingerprint density at radius 2 is 1.88 bits per heavy atom. The van der Waals surface area contributed by atoms with Crippen LogP contribution >= 0.6 is 0 Å². The predicted molar refractivity (Wildman–Crippen MR) is 95.6 cm³/mol. The first-order chi connectivity index (χ1) is 12.6. The Hall–Kier alpha value is -3.28. The van der Waals surface area contributed by atoms with Gasteiger partial charge in [0, 0.05) is 6.54 Å². The highest BCUT2D eigenvalue weighted by molar-refractivity contribution is 6.07. The van der Waals surface area contributed by atoms with Gasteiger partial charge in [0.2, 0.25) is 6.79 Å². The summed E-state index contributed by atoms with van der Waals surface area (Å²) in [7, 11) is 0. The summed E-state index contributed by atoms with van der Waals surface area (Å²) in [5, 5.41) is 2.79. The van der Waals surface area contributed by atoms with Gasteiger partial charge in [-0.2, -0.15) is 0 Å². The van der Waals surface area contributed by atoms with Gasteiger partial charge >= 0.3 is 6.03 Å². The zero-order valence-electron chi connectivity index (χ0n) is 14.3. The molecule has 4 rings (SSSR count). The fourth-order valence-electron chi connectivity index (χ4n) is 3.12. The van der Waals surface area contributed by atoms with Crippen molar-refractivity contribution in [2.75, 3.05) is 13.3 Å². The summed E-state index contributed by atoms with van der Waals surface area (Å²) in [5.74, 6) is 0.920. The molecule has 2 aromatic carbocycles. The van der Waals surface area contributed by atoms with Gasteiger partial charge in [-0.15, -0.1) is 0 Å². The van der Waals surface area contributed by atoms with Gasteiger partial charge in [-0.3, -0.25) is 9.69 Å². The van der Waals surface area contributed by atoms with Crippen molar-refractivity contribution in [1.29, 1.82) is 0 Å². The minimum Gasteiger partial charge on any atom is -0.454 e. The number of amides is 3. The third kappa shape index (κ3) is 2.69. The quantitative estimate of drug-likeness (QED) is 0.861. The number of rotatable bonds is 4. The van der Waals surface area contributed by atoms with E-state index in [1.807, 2.05) is 36.4 Å². The SMILES string of the molecule is CC1(c2ccc3c(c2)OCO3)NC(=O)N(C/C=C/c2ccccc2)C1=O. The molecule has 26 heavy (non-hydrogen) atoms. The molecule has 6 nitrogen and oxygen atoms in total. The monoisotopic (exact) mass is 350 g/mol. The first-order valence-electron chi connectivity index (χ1n) is 8.34. The number of benzene rings is 2. The lowest BCUT2D eigenvalue weighted by atomic mass is 9.91. The molecular formula is C20H18N2O4. The van der Waals surface area contributed by atoms with E-state index in [1.165, 1.54) is 4.90 Å². The number of ether oxygens (including phenoxy) is 2. The summed E-state index contributed by atoms with van der Waals surface area (Å²) in [5.41, 5.74) is 0.547. The molecule has 1 unspecified atom stereocenters. The second-order valence-corrected chi connectivity index (χ2v) is 6.35. The van der Waals surface area contributed by atoms with E-state index in [9.17, 15) is 9.59 Å². The van der Waals surface area contributed by atoms with Crippen LogP contribution in [-0.4, -0.2) is 30.2 Å². The average molecular weight is 350 g/mol. The number of urea groups is 1. The molecule has 3 amide bonds. The number of carbonyl (C=O) groups is 2. The van der Waals surface area contributed by atoms with Crippen LogP contribution in [0.1, 0.15) is 18.1 Å². The van der Waals surface area contributed by atoms with Crippen molar-refractivity contribution in [2.24, 2.45) is 0 Å². The maximum atomic E-state index is 12.9. The van der Waals surface area contributed by atoms with E-state index in [4.69, 9.17) is 9.47 Å². The first kappa shape index (κ1) is 16.2. The lowest BCUT2D eigenvalue weighted by molar-refractivity contribution is -0.130. The lowest BCUT2D eigenvalue weighted by Crippen LogP contribution is -2.40. The Morgan fingerprint density at radius 3 is 2.69 bits per heavy atom. The smallest absolute Gasteiger partial charge is 0.325 e. The predicted octanol–water partition coefficient (Wildman–Crippen LogP) is 2.90. The van der Waals surface area contributed by atoms with Crippen LogP contribution in [0.5, 0.6) is 11.5 Å². The average Bonchev–Trinajstić information content (AvgIpc) is 3.20. The molecule has 0 bridgehead atoms. The Bertz CT molecular complexity index is 894.